The zero-order valence-corrected chi connectivity index (χ0v) is 52.9. The summed E-state index contributed by atoms with van der Waals surface area (Å²) in [5.74, 6) is -0.616. The van der Waals surface area contributed by atoms with E-state index in [1.165, 1.54) is 89.9 Å². The third kappa shape index (κ3) is 58.8. The number of quaternary nitrogens is 1. The Kier molecular flexibility index (Phi) is 55.5. The van der Waals surface area contributed by atoms with Crippen molar-refractivity contribution in [1.82, 2.24) is 5.32 Å². The Morgan fingerprint density at radius 2 is 0.812 bits per heavy atom. The van der Waals surface area contributed by atoms with Crippen LogP contribution in [0.15, 0.2) is 134 Å². The standard InChI is InChI=1S/C70H119N2O7P/c1-7-10-13-16-19-22-25-28-30-32-33-34-35-36-37-38-39-40-42-45-48-51-54-57-60-63-70(74)79-68(61-58-55-52-49-46-43-27-24-21-18-15-12-9-3)67(66-78-80(75,76)77-65-64-72(4,5)6)71-69(73)62-59-56-53-50-47-44-41-31-29-26-23-20-17-14-11-8-2/h10-11,13-14,19-20,22-23,28-31,33-34,36-37,44,47,53,56,58,61,67-68H,7-9,12,15-18,21,24-27,32,35,38-43,45-46,48-52,54-55,57,59-60,62-66H2,1-6H3,(H-,71,73,75,76)/p+1/b13-10-,14-11+,22-19-,23-20+,30-28-,31-29+,34-33-,37-36-,47-44+,56-53+,61-58-. The van der Waals surface area contributed by atoms with Crippen molar-refractivity contribution in [1.29, 1.82) is 0 Å². The van der Waals surface area contributed by atoms with Crippen LogP contribution in [0.2, 0.25) is 0 Å². The smallest absolute Gasteiger partial charge is 0.456 e. The number of likely N-dealkylation sites (N-methyl/N-ethyl adjacent to an activating group) is 1. The molecule has 3 unspecified atom stereocenters. The number of nitrogens with zero attached hydrogens (tertiary/aromatic N) is 1. The van der Waals surface area contributed by atoms with Gasteiger partial charge >= 0.3 is 13.8 Å². The zero-order chi connectivity index (χ0) is 58.6. The molecule has 0 rings (SSSR count). The van der Waals surface area contributed by atoms with Crippen LogP contribution < -0.4 is 5.32 Å². The molecule has 2 N–H and O–H groups in total. The first-order chi connectivity index (χ1) is 38.9. The molecule has 0 spiro atoms. The minimum Gasteiger partial charge on any atom is -0.456 e. The van der Waals surface area contributed by atoms with Gasteiger partial charge < -0.3 is 19.4 Å². The van der Waals surface area contributed by atoms with Crippen LogP contribution in [0.3, 0.4) is 0 Å². The molecule has 0 heterocycles. The van der Waals surface area contributed by atoms with Crippen molar-refractivity contribution in [2.75, 3.05) is 40.9 Å². The minimum atomic E-state index is -4.48. The average molecular weight is 1130 g/mol. The second-order valence-corrected chi connectivity index (χ2v) is 23.6. The number of carbonyl (C=O) groups excluding carboxylic acids is 2. The molecule has 0 saturated heterocycles. The number of phosphoric ester groups is 1. The predicted molar refractivity (Wildman–Crippen MR) is 346 cm³/mol. The number of hydrogen-bond acceptors (Lipinski definition) is 6. The topological polar surface area (TPSA) is 111 Å². The van der Waals surface area contributed by atoms with Crippen LogP contribution in [-0.4, -0.2) is 74.3 Å². The number of unbranched alkanes of at least 4 members (excludes halogenated alkanes) is 20. The Balaban J connectivity index is 5.29. The molecule has 456 valence electrons. The molecule has 0 aromatic carbocycles. The fraction of sp³-hybridized carbons (Fsp3) is 0.657. The van der Waals surface area contributed by atoms with E-state index in [0.717, 1.165) is 109 Å². The van der Waals surface area contributed by atoms with Crippen LogP contribution >= 0.6 is 7.82 Å². The van der Waals surface area contributed by atoms with E-state index >= 15 is 0 Å². The molecule has 0 aliphatic rings. The molecular formula is C70H120N2O7P+. The Bertz CT molecular complexity index is 1830. The highest BCUT2D eigenvalue weighted by molar-refractivity contribution is 7.47. The summed E-state index contributed by atoms with van der Waals surface area (Å²) in [4.78, 5) is 37.7. The normalized spacial score (nSPS) is 14.5. The van der Waals surface area contributed by atoms with E-state index in [9.17, 15) is 19.0 Å². The first-order valence-electron chi connectivity index (χ1n) is 32.0. The van der Waals surface area contributed by atoms with E-state index in [-0.39, 0.29) is 37.9 Å². The van der Waals surface area contributed by atoms with Gasteiger partial charge in [-0.25, -0.2) is 4.57 Å². The van der Waals surface area contributed by atoms with E-state index in [1.54, 1.807) is 0 Å². The van der Waals surface area contributed by atoms with Crippen molar-refractivity contribution >= 4 is 19.7 Å². The summed E-state index contributed by atoms with van der Waals surface area (Å²) in [6.45, 7) is 6.71. The molecule has 0 radical (unpaired) electrons. The van der Waals surface area contributed by atoms with Gasteiger partial charge in [0.25, 0.3) is 0 Å². The summed E-state index contributed by atoms with van der Waals surface area (Å²) < 4.78 is 30.7. The highest BCUT2D eigenvalue weighted by Crippen LogP contribution is 2.43. The molecular weight excluding hydrogens is 1010 g/mol. The third-order valence-electron chi connectivity index (χ3n) is 13.3. The highest BCUT2D eigenvalue weighted by atomic mass is 31.2. The molecule has 10 heteroatoms. The van der Waals surface area contributed by atoms with E-state index in [2.05, 4.69) is 142 Å². The number of carbonyl (C=O) groups is 2. The summed E-state index contributed by atoms with van der Waals surface area (Å²) in [7, 11) is 1.43. The second-order valence-electron chi connectivity index (χ2n) is 22.2. The van der Waals surface area contributed by atoms with Gasteiger partial charge in [0.15, 0.2) is 0 Å². The largest absolute Gasteiger partial charge is 0.472 e. The van der Waals surface area contributed by atoms with Gasteiger partial charge in [-0.1, -0.05) is 258 Å². The monoisotopic (exact) mass is 1130 g/mol. The van der Waals surface area contributed by atoms with Crippen LogP contribution in [-0.2, 0) is 27.9 Å². The van der Waals surface area contributed by atoms with Crippen molar-refractivity contribution < 1.29 is 37.3 Å². The van der Waals surface area contributed by atoms with Gasteiger partial charge in [0, 0.05) is 12.8 Å². The van der Waals surface area contributed by atoms with Crippen LogP contribution in [0.25, 0.3) is 0 Å². The van der Waals surface area contributed by atoms with Gasteiger partial charge in [0.05, 0.1) is 33.8 Å². The second kappa shape index (κ2) is 58.4. The lowest BCUT2D eigenvalue weighted by molar-refractivity contribution is -0.870. The van der Waals surface area contributed by atoms with Crippen molar-refractivity contribution in [2.24, 2.45) is 0 Å². The van der Waals surface area contributed by atoms with E-state index in [1.807, 2.05) is 39.4 Å². The maximum absolute atomic E-state index is 13.5. The van der Waals surface area contributed by atoms with E-state index in [4.69, 9.17) is 13.8 Å². The summed E-state index contributed by atoms with van der Waals surface area (Å²) in [5, 5.41) is 3.00. The number of allylic oxidation sites excluding steroid dienone is 21. The minimum absolute atomic E-state index is 0.0191. The number of phosphoric acid groups is 1. The Morgan fingerprint density at radius 1 is 0.450 bits per heavy atom. The molecule has 0 saturated carbocycles. The molecule has 1 amide bonds. The van der Waals surface area contributed by atoms with Gasteiger partial charge in [-0.3, -0.25) is 18.6 Å². The summed E-state index contributed by atoms with van der Waals surface area (Å²) in [6.07, 6.45) is 83.3. The fourth-order valence-corrected chi connectivity index (χ4v) is 9.22. The van der Waals surface area contributed by atoms with Crippen LogP contribution in [0.4, 0.5) is 0 Å². The van der Waals surface area contributed by atoms with Gasteiger partial charge in [-0.15, -0.1) is 0 Å². The molecule has 0 aromatic heterocycles. The maximum Gasteiger partial charge on any atom is 0.472 e. The van der Waals surface area contributed by atoms with Crippen LogP contribution in [0, 0.1) is 0 Å². The average Bonchev–Trinajstić information content (AvgIpc) is 3.42. The molecule has 9 nitrogen and oxygen atoms in total. The van der Waals surface area contributed by atoms with Crippen molar-refractivity contribution in [3.05, 3.63) is 134 Å². The molecule has 0 aliphatic carbocycles. The van der Waals surface area contributed by atoms with Gasteiger partial charge in [0.2, 0.25) is 5.91 Å². The summed E-state index contributed by atoms with van der Waals surface area (Å²) in [6, 6.07) is -0.900. The van der Waals surface area contributed by atoms with Crippen LogP contribution in [0.5, 0.6) is 0 Å². The molecule has 0 aromatic rings. The van der Waals surface area contributed by atoms with E-state index < -0.39 is 20.0 Å². The molecule has 0 bridgehead atoms. The van der Waals surface area contributed by atoms with Crippen molar-refractivity contribution in [3.63, 3.8) is 0 Å². The molecule has 0 fully saturated rings. The third-order valence-corrected chi connectivity index (χ3v) is 14.3. The first kappa shape index (κ1) is 76.1. The summed E-state index contributed by atoms with van der Waals surface area (Å²) in [5.41, 5.74) is 0. The number of rotatable bonds is 56. The van der Waals surface area contributed by atoms with Crippen LogP contribution in [0.1, 0.15) is 245 Å². The van der Waals surface area contributed by atoms with Gasteiger partial charge in [0.1, 0.15) is 19.3 Å². The fourth-order valence-electron chi connectivity index (χ4n) is 8.48. The lowest BCUT2D eigenvalue weighted by Crippen LogP contribution is -2.47. The molecule has 80 heavy (non-hydrogen) atoms. The molecule has 0 aliphatic heterocycles. The van der Waals surface area contributed by atoms with Crippen molar-refractivity contribution in [3.8, 4) is 0 Å². The van der Waals surface area contributed by atoms with Crippen molar-refractivity contribution in [2.45, 2.75) is 258 Å². The Hall–Kier alpha value is -3.85. The quantitative estimate of drug-likeness (QED) is 0.0205. The number of amides is 1. The number of hydrogen-bond donors (Lipinski definition) is 2. The number of ether oxygens (including phenoxy) is 1. The van der Waals surface area contributed by atoms with Gasteiger partial charge in [-0.05, 0) is 109 Å². The lowest BCUT2D eigenvalue weighted by atomic mass is 10.0. The predicted octanol–water partition coefficient (Wildman–Crippen LogP) is 20.1. The van der Waals surface area contributed by atoms with Gasteiger partial charge in [-0.2, -0.15) is 0 Å². The SMILES string of the molecule is CC/C=C\C/C=C\C/C=C\C/C=C\C/C=C\CCCCCCCCCCCC(=O)OC(/C=C\CCCCCCCCCCCCC)C(COP(=O)(O)OCC[N+](C)(C)C)NC(=O)CC/C=C/C/C=C/C/C=C/C/C=C/C/C=C/CC. The Morgan fingerprint density at radius 3 is 1.23 bits per heavy atom. The molecule has 3 atom stereocenters. The lowest BCUT2D eigenvalue weighted by Gasteiger charge is -2.27. The summed E-state index contributed by atoms with van der Waals surface area (Å²) >= 11 is 0. The first-order valence-corrected chi connectivity index (χ1v) is 33.5. The van der Waals surface area contributed by atoms with E-state index in [0.29, 0.717) is 23.9 Å². The maximum atomic E-state index is 13.5. The number of nitrogens with one attached hydrogen (secondary N) is 1. The highest BCUT2D eigenvalue weighted by Gasteiger charge is 2.30. The number of esters is 1. The Labute approximate surface area is 492 Å². The zero-order valence-electron chi connectivity index (χ0n) is 52.0.